The second-order valence-corrected chi connectivity index (χ2v) is 6.92. The molecule has 2 aliphatic carbocycles. The van der Waals surface area contributed by atoms with Crippen molar-refractivity contribution in [2.45, 2.75) is 70.4 Å². The van der Waals surface area contributed by atoms with E-state index in [-0.39, 0.29) is 17.2 Å². The van der Waals surface area contributed by atoms with Crippen LogP contribution in [0.15, 0.2) is 0 Å². The van der Waals surface area contributed by atoms with Crippen molar-refractivity contribution in [3.05, 3.63) is 0 Å². The van der Waals surface area contributed by atoms with Crippen LogP contribution in [-0.2, 0) is 14.3 Å². The van der Waals surface area contributed by atoms with Crippen LogP contribution in [-0.4, -0.2) is 37.9 Å². The fraction of sp³-hybridized carbons (Fsp3) is 0.941. The number of hydrogen-bond donors (Lipinski definition) is 1. The van der Waals surface area contributed by atoms with Crippen molar-refractivity contribution < 1.29 is 14.3 Å². The van der Waals surface area contributed by atoms with E-state index in [1.165, 1.54) is 32.1 Å². The molecule has 0 bridgehead atoms. The molecule has 120 valence electrons. The normalized spacial score (nSPS) is 32.6. The summed E-state index contributed by atoms with van der Waals surface area (Å²) in [4.78, 5) is 12.5. The fourth-order valence-electron chi connectivity index (χ4n) is 4.52. The largest absolute Gasteiger partial charge is 0.381 e. The van der Waals surface area contributed by atoms with Gasteiger partial charge in [-0.05, 0) is 39.0 Å². The fourth-order valence-corrected chi connectivity index (χ4v) is 4.52. The highest BCUT2D eigenvalue weighted by molar-refractivity contribution is 5.79. The van der Waals surface area contributed by atoms with Gasteiger partial charge in [0.2, 0.25) is 5.91 Å². The van der Waals surface area contributed by atoms with Crippen molar-refractivity contribution in [1.29, 1.82) is 0 Å². The minimum Gasteiger partial charge on any atom is -0.381 e. The second-order valence-electron chi connectivity index (χ2n) is 6.92. The van der Waals surface area contributed by atoms with Crippen LogP contribution in [0.25, 0.3) is 0 Å². The van der Waals surface area contributed by atoms with E-state index in [0.717, 1.165) is 39.1 Å². The maximum atomic E-state index is 12.5. The van der Waals surface area contributed by atoms with Gasteiger partial charge in [0.25, 0.3) is 0 Å². The average Bonchev–Trinajstić information content (AvgIpc) is 2.55. The van der Waals surface area contributed by atoms with Gasteiger partial charge in [-0.3, -0.25) is 4.79 Å². The summed E-state index contributed by atoms with van der Waals surface area (Å²) >= 11 is 0. The minimum absolute atomic E-state index is 0.158. The van der Waals surface area contributed by atoms with Gasteiger partial charge in [-0.15, -0.1) is 0 Å². The van der Waals surface area contributed by atoms with E-state index >= 15 is 0 Å². The average molecular weight is 295 g/mol. The first-order valence-electron chi connectivity index (χ1n) is 8.76. The zero-order valence-electron chi connectivity index (χ0n) is 13.2. The van der Waals surface area contributed by atoms with Gasteiger partial charge in [0.05, 0.1) is 6.10 Å². The van der Waals surface area contributed by atoms with Crippen LogP contribution >= 0.6 is 0 Å². The maximum absolute atomic E-state index is 12.5. The van der Waals surface area contributed by atoms with Gasteiger partial charge in [-0.2, -0.15) is 0 Å². The molecule has 1 heterocycles. The highest BCUT2D eigenvalue weighted by Crippen LogP contribution is 2.53. The van der Waals surface area contributed by atoms with Crippen LogP contribution in [0.3, 0.4) is 0 Å². The number of amides is 1. The molecule has 0 aromatic carbocycles. The molecule has 1 aliphatic heterocycles. The van der Waals surface area contributed by atoms with Gasteiger partial charge in [0.15, 0.2) is 0 Å². The lowest BCUT2D eigenvalue weighted by Crippen LogP contribution is -2.66. The van der Waals surface area contributed by atoms with E-state index in [2.05, 4.69) is 12.2 Å². The first-order chi connectivity index (χ1) is 10.3. The summed E-state index contributed by atoms with van der Waals surface area (Å²) in [7, 11) is 0. The Morgan fingerprint density at radius 3 is 2.62 bits per heavy atom. The molecule has 4 nitrogen and oxygen atoms in total. The van der Waals surface area contributed by atoms with Crippen LogP contribution in [0.4, 0.5) is 0 Å². The first-order valence-corrected chi connectivity index (χ1v) is 8.76. The zero-order chi connectivity index (χ0) is 14.7. The molecule has 0 unspecified atom stereocenters. The molecule has 0 aromatic rings. The Balaban J connectivity index is 1.60. The van der Waals surface area contributed by atoms with Gasteiger partial charge in [-0.1, -0.05) is 19.3 Å². The minimum atomic E-state index is 0.158. The molecule has 2 saturated carbocycles. The Bertz CT molecular complexity index is 359. The van der Waals surface area contributed by atoms with Crippen molar-refractivity contribution >= 4 is 5.91 Å². The predicted octanol–water partition coefficient (Wildman–Crippen LogP) is 2.66. The van der Waals surface area contributed by atoms with Gasteiger partial charge in [-0.25, -0.2) is 0 Å². The standard InChI is InChI=1S/C17H29NO3/c1-2-21-15-12-14(17(15)8-4-3-5-9-17)18-16(19)13-6-10-20-11-7-13/h13-15H,2-12H2,1H3,(H,18,19)/t14-,15+/m0/s1. The monoisotopic (exact) mass is 295 g/mol. The Hall–Kier alpha value is -0.610. The predicted molar refractivity (Wildman–Crippen MR) is 81.0 cm³/mol. The summed E-state index contributed by atoms with van der Waals surface area (Å²) in [6, 6.07) is 0.338. The summed E-state index contributed by atoms with van der Waals surface area (Å²) in [5, 5.41) is 3.36. The molecule has 3 rings (SSSR count). The number of carbonyl (C=O) groups is 1. The summed E-state index contributed by atoms with van der Waals surface area (Å²) < 4.78 is 11.3. The van der Waals surface area contributed by atoms with E-state index in [1.54, 1.807) is 0 Å². The Morgan fingerprint density at radius 2 is 1.95 bits per heavy atom. The third-order valence-electron chi connectivity index (χ3n) is 5.85. The molecular formula is C17H29NO3. The quantitative estimate of drug-likeness (QED) is 0.867. The van der Waals surface area contributed by atoms with Gasteiger partial charge in [0.1, 0.15) is 0 Å². The van der Waals surface area contributed by atoms with Crippen molar-refractivity contribution in [1.82, 2.24) is 5.32 Å². The highest BCUT2D eigenvalue weighted by Gasteiger charge is 2.56. The van der Waals surface area contributed by atoms with Crippen LogP contribution in [0.1, 0.15) is 58.3 Å². The molecule has 21 heavy (non-hydrogen) atoms. The Labute approximate surface area is 127 Å². The SMILES string of the molecule is CCO[C@@H]1C[C@H](NC(=O)C2CCOCC2)C12CCCCC2. The number of nitrogens with one attached hydrogen (secondary N) is 1. The molecule has 3 fully saturated rings. The first kappa shape index (κ1) is 15.3. The molecule has 1 saturated heterocycles. The molecule has 2 atom stereocenters. The van der Waals surface area contributed by atoms with Crippen LogP contribution in [0.5, 0.6) is 0 Å². The zero-order valence-corrected chi connectivity index (χ0v) is 13.2. The molecule has 4 heteroatoms. The van der Waals surface area contributed by atoms with Crippen LogP contribution in [0, 0.1) is 11.3 Å². The summed E-state index contributed by atoms with van der Waals surface area (Å²) in [6.45, 7) is 4.32. The molecule has 1 N–H and O–H groups in total. The van der Waals surface area contributed by atoms with E-state index in [9.17, 15) is 4.79 Å². The lowest BCUT2D eigenvalue weighted by atomic mass is 9.55. The Kier molecular flexibility index (Phi) is 4.85. The number of carbonyl (C=O) groups excluding carboxylic acids is 1. The van der Waals surface area contributed by atoms with E-state index < -0.39 is 0 Å². The molecule has 1 amide bonds. The van der Waals surface area contributed by atoms with Gasteiger partial charge < -0.3 is 14.8 Å². The second kappa shape index (κ2) is 6.66. The van der Waals surface area contributed by atoms with E-state index in [1.807, 2.05) is 0 Å². The van der Waals surface area contributed by atoms with Crippen LogP contribution in [0.2, 0.25) is 0 Å². The third kappa shape index (κ3) is 2.98. The number of rotatable bonds is 4. The van der Waals surface area contributed by atoms with Crippen molar-refractivity contribution in [3.63, 3.8) is 0 Å². The van der Waals surface area contributed by atoms with E-state index in [4.69, 9.17) is 9.47 Å². The smallest absolute Gasteiger partial charge is 0.223 e. The molecule has 3 aliphatic rings. The molecule has 0 aromatic heterocycles. The lowest BCUT2D eigenvalue weighted by Gasteiger charge is -2.57. The van der Waals surface area contributed by atoms with Gasteiger partial charge in [0, 0.05) is 37.2 Å². The van der Waals surface area contributed by atoms with Gasteiger partial charge >= 0.3 is 0 Å². The number of ether oxygens (including phenoxy) is 2. The van der Waals surface area contributed by atoms with Crippen molar-refractivity contribution in [2.24, 2.45) is 11.3 Å². The lowest BCUT2D eigenvalue weighted by molar-refractivity contribution is -0.159. The van der Waals surface area contributed by atoms with Crippen molar-refractivity contribution in [2.75, 3.05) is 19.8 Å². The maximum Gasteiger partial charge on any atom is 0.223 e. The Morgan fingerprint density at radius 1 is 1.24 bits per heavy atom. The highest BCUT2D eigenvalue weighted by atomic mass is 16.5. The topological polar surface area (TPSA) is 47.6 Å². The summed E-state index contributed by atoms with van der Waals surface area (Å²) in [5.74, 6) is 0.411. The molecule has 1 spiro atoms. The summed E-state index contributed by atoms with van der Waals surface area (Å²) in [5.41, 5.74) is 0.231. The molecule has 0 radical (unpaired) electrons. The van der Waals surface area contributed by atoms with Crippen molar-refractivity contribution in [3.8, 4) is 0 Å². The third-order valence-corrected chi connectivity index (χ3v) is 5.85. The molecular weight excluding hydrogens is 266 g/mol. The summed E-state index contributed by atoms with van der Waals surface area (Å²) in [6.07, 6.45) is 9.46. The van der Waals surface area contributed by atoms with E-state index in [0.29, 0.717) is 12.1 Å². The number of hydrogen-bond acceptors (Lipinski definition) is 3. The van der Waals surface area contributed by atoms with Crippen LogP contribution < -0.4 is 5.32 Å².